The van der Waals surface area contributed by atoms with Crippen molar-refractivity contribution in [1.29, 1.82) is 0 Å². The number of hydrogen-bond acceptors (Lipinski definition) is 4. The van der Waals surface area contributed by atoms with E-state index < -0.39 is 26.9 Å². The van der Waals surface area contributed by atoms with E-state index in [1.54, 1.807) is 6.92 Å². The Bertz CT molecular complexity index is 997. The molecule has 4 rings (SSSR count). The number of benzene rings is 1. The Morgan fingerprint density at radius 1 is 1.19 bits per heavy atom. The molecule has 0 atom stereocenters. The molecule has 144 valence electrons. The van der Waals surface area contributed by atoms with Crippen molar-refractivity contribution < 1.29 is 17.6 Å². The van der Waals surface area contributed by atoms with E-state index in [0.29, 0.717) is 6.54 Å². The van der Waals surface area contributed by atoms with E-state index in [1.165, 1.54) is 15.8 Å². The molecule has 7 nitrogen and oxygen atoms in total. The Balaban J connectivity index is 1.60. The first-order valence-electron chi connectivity index (χ1n) is 9.12. The van der Waals surface area contributed by atoms with Gasteiger partial charge < -0.3 is 5.32 Å². The van der Waals surface area contributed by atoms with Crippen LogP contribution in [0.25, 0.3) is 0 Å². The fourth-order valence-electron chi connectivity index (χ4n) is 4.00. The Labute approximate surface area is 157 Å². The van der Waals surface area contributed by atoms with Crippen LogP contribution >= 0.6 is 0 Å². The van der Waals surface area contributed by atoms with E-state index in [4.69, 9.17) is 0 Å². The van der Waals surface area contributed by atoms with Crippen molar-refractivity contribution in [3.63, 3.8) is 0 Å². The molecule has 1 aromatic heterocycles. The number of urea groups is 1. The summed E-state index contributed by atoms with van der Waals surface area (Å²) in [5.41, 5.74) is 5.35. The smallest absolute Gasteiger partial charge is 0.307 e. The largest absolute Gasteiger partial charge is 0.333 e. The van der Waals surface area contributed by atoms with Gasteiger partial charge in [-0.3, -0.25) is 4.68 Å². The third-order valence-electron chi connectivity index (χ3n) is 5.20. The van der Waals surface area contributed by atoms with Gasteiger partial charge in [0.05, 0.1) is 6.20 Å². The van der Waals surface area contributed by atoms with Crippen LogP contribution in [0.1, 0.15) is 42.0 Å². The van der Waals surface area contributed by atoms with Crippen LogP contribution in [0, 0.1) is 5.82 Å². The molecule has 0 radical (unpaired) electrons. The highest BCUT2D eigenvalue weighted by Crippen LogP contribution is 2.38. The monoisotopic (exact) mass is 392 g/mol. The zero-order valence-corrected chi connectivity index (χ0v) is 15.8. The number of aryl methyl sites for hydroxylation is 3. The van der Waals surface area contributed by atoms with Crippen molar-refractivity contribution in [1.82, 2.24) is 14.5 Å². The molecule has 1 heterocycles. The topological polar surface area (TPSA) is 93.1 Å². The average molecular weight is 392 g/mol. The van der Waals surface area contributed by atoms with Gasteiger partial charge in [-0.2, -0.15) is 13.5 Å². The number of rotatable bonds is 4. The molecule has 0 fully saturated rings. The zero-order valence-electron chi connectivity index (χ0n) is 15.0. The van der Waals surface area contributed by atoms with Crippen LogP contribution in [-0.4, -0.2) is 24.2 Å². The Morgan fingerprint density at radius 3 is 2.37 bits per heavy atom. The summed E-state index contributed by atoms with van der Waals surface area (Å²) in [6, 6.07) is 1.33. The van der Waals surface area contributed by atoms with E-state index in [0.717, 1.165) is 61.5 Å². The number of amides is 2. The van der Waals surface area contributed by atoms with Crippen molar-refractivity contribution in [3.05, 3.63) is 40.3 Å². The maximum absolute atomic E-state index is 13.9. The van der Waals surface area contributed by atoms with Crippen LogP contribution in [0.3, 0.4) is 0 Å². The van der Waals surface area contributed by atoms with Gasteiger partial charge >= 0.3 is 6.03 Å². The summed E-state index contributed by atoms with van der Waals surface area (Å²) in [6.07, 6.45) is 6.69. The molecular weight excluding hydrogens is 371 g/mol. The second-order valence-electron chi connectivity index (χ2n) is 6.93. The SMILES string of the molecule is CCn1cc(F)c(S(=O)(=O)NC(=O)Nc2c3c(cc4c2CCC4)CCC3)n1. The van der Waals surface area contributed by atoms with Crippen molar-refractivity contribution in [2.75, 3.05) is 5.32 Å². The van der Waals surface area contributed by atoms with E-state index in [2.05, 4.69) is 16.5 Å². The molecule has 0 spiro atoms. The van der Waals surface area contributed by atoms with Crippen LogP contribution < -0.4 is 10.0 Å². The molecule has 9 heteroatoms. The summed E-state index contributed by atoms with van der Waals surface area (Å²) in [4.78, 5) is 12.4. The third kappa shape index (κ3) is 3.20. The molecule has 0 saturated heterocycles. The number of hydrogen-bond donors (Lipinski definition) is 2. The highest BCUT2D eigenvalue weighted by Gasteiger charge is 2.28. The highest BCUT2D eigenvalue weighted by atomic mass is 32.2. The summed E-state index contributed by atoms with van der Waals surface area (Å²) in [5, 5.41) is 5.63. The Morgan fingerprint density at radius 2 is 1.81 bits per heavy atom. The minimum absolute atomic E-state index is 0.320. The van der Waals surface area contributed by atoms with Gasteiger partial charge in [-0.25, -0.2) is 13.9 Å². The van der Waals surface area contributed by atoms with Gasteiger partial charge in [0.15, 0.2) is 5.82 Å². The van der Waals surface area contributed by atoms with Crippen LogP contribution in [-0.2, 0) is 42.3 Å². The summed E-state index contributed by atoms with van der Waals surface area (Å²) >= 11 is 0. The molecule has 2 aliphatic carbocycles. The average Bonchev–Trinajstić information content (AvgIpc) is 3.32. The molecule has 0 aliphatic heterocycles. The normalized spacial score (nSPS) is 15.5. The Hall–Kier alpha value is -2.42. The van der Waals surface area contributed by atoms with E-state index in [1.807, 2.05) is 4.72 Å². The maximum Gasteiger partial charge on any atom is 0.333 e. The molecule has 2 amide bonds. The number of carbonyl (C=O) groups is 1. The fourth-order valence-corrected chi connectivity index (χ4v) is 4.91. The fraction of sp³-hybridized carbons (Fsp3) is 0.444. The number of halogens is 1. The first kappa shape index (κ1) is 18.0. The minimum Gasteiger partial charge on any atom is -0.307 e. The van der Waals surface area contributed by atoms with Gasteiger partial charge in [-0.15, -0.1) is 0 Å². The zero-order chi connectivity index (χ0) is 19.2. The van der Waals surface area contributed by atoms with Crippen LogP contribution in [0.15, 0.2) is 17.3 Å². The second-order valence-corrected chi connectivity index (χ2v) is 8.53. The summed E-state index contributed by atoms with van der Waals surface area (Å²) in [7, 11) is -4.40. The quantitative estimate of drug-likeness (QED) is 0.836. The molecule has 0 unspecified atom stereocenters. The molecule has 0 bridgehead atoms. The van der Waals surface area contributed by atoms with Gasteiger partial charge in [0.2, 0.25) is 5.03 Å². The number of sulfonamides is 1. The van der Waals surface area contributed by atoms with Crippen molar-refractivity contribution in [2.45, 2.75) is 57.0 Å². The van der Waals surface area contributed by atoms with Gasteiger partial charge in [-0.1, -0.05) is 6.07 Å². The molecule has 2 aliphatic rings. The third-order valence-corrected chi connectivity index (χ3v) is 6.44. The van der Waals surface area contributed by atoms with E-state index in [9.17, 15) is 17.6 Å². The Kier molecular flexibility index (Phi) is 4.41. The first-order valence-corrected chi connectivity index (χ1v) is 10.6. The molecular formula is C18H21FN4O3S. The number of nitrogens with zero attached hydrogens (tertiary/aromatic N) is 2. The number of anilines is 1. The number of carbonyl (C=O) groups excluding carboxylic acids is 1. The van der Waals surface area contributed by atoms with E-state index in [-0.39, 0.29) is 0 Å². The van der Waals surface area contributed by atoms with Crippen LogP contribution in [0.4, 0.5) is 14.9 Å². The number of aromatic nitrogens is 2. The molecule has 2 aromatic rings. The molecule has 0 saturated carbocycles. The lowest BCUT2D eigenvalue weighted by molar-refractivity contribution is 0.256. The maximum atomic E-state index is 13.9. The lowest BCUT2D eigenvalue weighted by Crippen LogP contribution is -2.35. The van der Waals surface area contributed by atoms with Crippen molar-refractivity contribution >= 4 is 21.7 Å². The number of fused-ring (bicyclic) bond motifs is 2. The predicted molar refractivity (Wildman–Crippen MR) is 97.7 cm³/mol. The number of nitrogens with one attached hydrogen (secondary N) is 2. The first-order chi connectivity index (χ1) is 12.9. The van der Waals surface area contributed by atoms with Crippen LogP contribution in [0.2, 0.25) is 0 Å². The van der Waals surface area contributed by atoms with Gasteiger partial charge in [-0.05, 0) is 67.7 Å². The minimum atomic E-state index is -4.40. The summed E-state index contributed by atoms with van der Waals surface area (Å²) < 4.78 is 41.7. The second kappa shape index (κ2) is 6.63. The summed E-state index contributed by atoms with van der Waals surface area (Å²) in [5.74, 6) is -0.987. The molecule has 27 heavy (non-hydrogen) atoms. The summed E-state index contributed by atoms with van der Waals surface area (Å²) in [6.45, 7) is 2.03. The molecule has 2 N–H and O–H groups in total. The predicted octanol–water partition coefficient (Wildman–Crippen LogP) is 2.53. The van der Waals surface area contributed by atoms with E-state index >= 15 is 0 Å². The van der Waals surface area contributed by atoms with Gasteiger partial charge in [0.1, 0.15) is 0 Å². The lowest BCUT2D eigenvalue weighted by Gasteiger charge is -2.16. The molecule has 1 aromatic carbocycles. The standard InChI is InChI=1S/C18H21FN4O3S/c1-2-23-10-15(19)17(21-23)27(25,26)22-18(24)20-16-13-7-3-5-11(13)9-12-6-4-8-14(12)16/h9-10H,2-8H2,1H3,(H2,20,22,24). The lowest BCUT2D eigenvalue weighted by atomic mass is 9.99. The van der Waals surface area contributed by atoms with Crippen molar-refractivity contribution in [3.8, 4) is 0 Å². The highest BCUT2D eigenvalue weighted by molar-refractivity contribution is 7.90. The van der Waals surface area contributed by atoms with Gasteiger partial charge in [0, 0.05) is 12.2 Å². The van der Waals surface area contributed by atoms with Crippen LogP contribution in [0.5, 0.6) is 0 Å². The van der Waals surface area contributed by atoms with Gasteiger partial charge in [0.25, 0.3) is 10.0 Å². The van der Waals surface area contributed by atoms with Crippen molar-refractivity contribution in [2.24, 2.45) is 0 Å².